The molecular formula is C18H31GaN4O9. The summed E-state index contributed by atoms with van der Waals surface area (Å²) < 4.78 is 0. The van der Waals surface area contributed by atoms with Crippen molar-refractivity contribution in [3.05, 3.63) is 0 Å². The minimum atomic E-state index is -1.31. The molecule has 0 aromatic heterocycles. The number of aliphatic hydroxyl groups is 3. The van der Waals surface area contributed by atoms with Crippen molar-refractivity contribution in [3.8, 4) is 0 Å². The van der Waals surface area contributed by atoms with Crippen LogP contribution in [0.25, 0.3) is 0 Å². The van der Waals surface area contributed by atoms with Gasteiger partial charge in [0.15, 0.2) is 0 Å². The zero-order valence-electron chi connectivity index (χ0n) is 18.0. The van der Waals surface area contributed by atoms with Crippen LogP contribution in [0.15, 0.2) is 0 Å². The number of carbonyl (C=O) groups excluding carboxylic acids is 3. The standard InChI is InChI=1S/C18H34N4O9.Ga/c23-12-14(15(25)13-24)22-7-5-20(10-17(28)29)3-1-19(9-16(26)27)2-4-21(6-8-22)11-18(30)31;/h14-15,23-25H,1-13H2,(H,26,27)(H,28,29)(H,30,31);/q;+3/p-3/t14-,15-;/m1./s1. The van der Waals surface area contributed by atoms with Gasteiger partial charge in [0.05, 0.1) is 43.3 Å². The SMILES string of the molecule is O=C([O-])CN1CCN(CC(=O)[O-])CCN([C@H](CO)[C@H](O)CO)CCN(CC(=O)[O-])CC1.[Ga+3]. The average Bonchev–Trinajstić information content (AvgIpc) is 2.68. The molecule has 180 valence electrons. The zero-order chi connectivity index (χ0) is 23.4. The summed E-state index contributed by atoms with van der Waals surface area (Å²) in [6.45, 7) is -0.648. The number of nitrogens with zero attached hydrogens (tertiary/aromatic N) is 4. The van der Waals surface area contributed by atoms with Gasteiger partial charge in [-0.1, -0.05) is 0 Å². The fraction of sp³-hybridized carbons (Fsp3) is 0.833. The maximum Gasteiger partial charge on any atom is 3.00 e. The second-order valence-electron chi connectivity index (χ2n) is 7.48. The maximum atomic E-state index is 11.1. The first-order chi connectivity index (χ1) is 14.7. The number of aliphatic carboxylic acids is 3. The van der Waals surface area contributed by atoms with Crippen molar-refractivity contribution in [1.82, 2.24) is 19.6 Å². The Morgan fingerprint density at radius 2 is 0.969 bits per heavy atom. The molecule has 1 saturated heterocycles. The molecule has 0 aromatic rings. The number of hydrogen-bond donors (Lipinski definition) is 3. The molecule has 0 saturated carbocycles. The first-order valence-electron chi connectivity index (χ1n) is 10.1. The normalized spacial score (nSPS) is 20.3. The van der Waals surface area contributed by atoms with Crippen molar-refractivity contribution >= 4 is 37.7 Å². The molecule has 32 heavy (non-hydrogen) atoms. The van der Waals surface area contributed by atoms with Crippen molar-refractivity contribution < 1.29 is 45.0 Å². The van der Waals surface area contributed by atoms with Gasteiger partial charge < -0.3 is 45.0 Å². The Hall–Kier alpha value is -1.23. The van der Waals surface area contributed by atoms with Crippen LogP contribution in [0.2, 0.25) is 0 Å². The van der Waals surface area contributed by atoms with E-state index in [1.54, 1.807) is 14.7 Å². The van der Waals surface area contributed by atoms with Gasteiger partial charge >= 0.3 is 19.8 Å². The van der Waals surface area contributed by atoms with Gasteiger partial charge in [0.2, 0.25) is 0 Å². The van der Waals surface area contributed by atoms with E-state index in [2.05, 4.69) is 0 Å². The van der Waals surface area contributed by atoms with Crippen LogP contribution in [0.5, 0.6) is 0 Å². The Morgan fingerprint density at radius 1 is 0.656 bits per heavy atom. The number of carboxylic acids is 3. The summed E-state index contributed by atoms with van der Waals surface area (Å²) in [5.41, 5.74) is 0. The summed E-state index contributed by atoms with van der Waals surface area (Å²) in [5.74, 6) is -3.92. The number of aliphatic hydroxyl groups excluding tert-OH is 3. The molecule has 0 radical (unpaired) electrons. The molecule has 0 bridgehead atoms. The summed E-state index contributed by atoms with van der Waals surface area (Å²) in [7, 11) is 0. The molecule has 1 aliphatic heterocycles. The van der Waals surface area contributed by atoms with E-state index in [4.69, 9.17) is 0 Å². The topological polar surface area (TPSA) is 194 Å². The largest absolute Gasteiger partial charge is 3.00 e. The van der Waals surface area contributed by atoms with Gasteiger partial charge in [0, 0.05) is 72.0 Å². The monoisotopic (exact) mass is 516 g/mol. The number of rotatable bonds is 10. The van der Waals surface area contributed by atoms with E-state index < -0.39 is 56.4 Å². The molecule has 1 rings (SSSR count). The van der Waals surface area contributed by atoms with E-state index >= 15 is 0 Å². The second kappa shape index (κ2) is 16.4. The van der Waals surface area contributed by atoms with E-state index in [-0.39, 0.29) is 78.7 Å². The maximum absolute atomic E-state index is 11.1. The van der Waals surface area contributed by atoms with Gasteiger partial charge in [0.1, 0.15) is 0 Å². The van der Waals surface area contributed by atoms with E-state index in [1.165, 1.54) is 4.90 Å². The van der Waals surface area contributed by atoms with Crippen LogP contribution < -0.4 is 15.3 Å². The van der Waals surface area contributed by atoms with Gasteiger partial charge in [-0.15, -0.1) is 0 Å². The Kier molecular flexibility index (Phi) is 15.8. The molecule has 0 aliphatic carbocycles. The third-order valence-corrected chi connectivity index (χ3v) is 5.22. The molecule has 3 N–H and O–H groups in total. The third-order valence-electron chi connectivity index (χ3n) is 5.22. The minimum Gasteiger partial charge on any atom is -0.549 e. The van der Waals surface area contributed by atoms with Crippen LogP contribution in [0.1, 0.15) is 0 Å². The summed E-state index contributed by atoms with van der Waals surface area (Å²) >= 11 is 0. The fourth-order valence-corrected chi connectivity index (χ4v) is 3.51. The van der Waals surface area contributed by atoms with E-state index in [0.717, 1.165) is 0 Å². The van der Waals surface area contributed by atoms with Crippen LogP contribution in [-0.4, -0.2) is 170 Å². The van der Waals surface area contributed by atoms with E-state index in [9.17, 15) is 45.0 Å². The number of carboxylic acid groups (broad SMARTS) is 3. The number of carbonyl (C=O) groups is 3. The molecule has 1 aliphatic rings. The van der Waals surface area contributed by atoms with Crippen LogP contribution in [-0.2, 0) is 14.4 Å². The van der Waals surface area contributed by atoms with Crippen LogP contribution in [0, 0.1) is 0 Å². The molecule has 1 heterocycles. The van der Waals surface area contributed by atoms with Crippen molar-refractivity contribution in [2.45, 2.75) is 12.1 Å². The van der Waals surface area contributed by atoms with Crippen LogP contribution >= 0.6 is 0 Å². The first-order valence-corrected chi connectivity index (χ1v) is 10.1. The molecular weight excluding hydrogens is 486 g/mol. The Morgan fingerprint density at radius 3 is 1.22 bits per heavy atom. The van der Waals surface area contributed by atoms with E-state index in [0.29, 0.717) is 0 Å². The minimum absolute atomic E-state index is 0. The van der Waals surface area contributed by atoms with Crippen molar-refractivity contribution in [2.24, 2.45) is 0 Å². The predicted molar refractivity (Wildman–Crippen MR) is 106 cm³/mol. The third kappa shape index (κ3) is 12.1. The van der Waals surface area contributed by atoms with Gasteiger partial charge in [-0.25, -0.2) is 0 Å². The smallest absolute Gasteiger partial charge is 0.549 e. The zero-order valence-corrected chi connectivity index (χ0v) is 20.4. The van der Waals surface area contributed by atoms with Gasteiger partial charge in [0.25, 0.3) is 0 Å². The predicted octanol–water partition coefficient (Wildman–Crippen LogP) is -8.21. The molecule has 0 unspecified atom stereocenters. The summed E-state index contributed by atoms with van der Waals surface area (Å²) in [6.07, 6.45) is -1.25. The summed E-state index contributed by atoms with van der Waals surface area (Å²) in [5, 5.41) is 62.3. The van der Waals surface area contributed by atoms with Crippen molar-refractivity contribution in [1.29, 1.82) is 0 Å². The molecule has 0 aromatic carbocycles. The van der Waals surface area contributed by atoms with Crippen molar-refractivity contribution in [3.63, 3.8) is 0 Å². The molecule has 14 heteroatoms. The molecule has 0 amide bonds. The summed E-state index contributed by atoms with van der Waals surface area (Å²) in [4.78, 5) is 39.5. The number of hydrogen-bond acceptors (Lipinski definition) is 13. The van der Waals surface area contributed by atoms with Crippen LogP contribution in [0.3, 0.4) is 0 Å². The molecule has 1 fully saturated rings. The van der Waals surface area contributed by atoms with E-state index in [1.807, 2.05) is 0 Å². The molecule has 13 nitrogen and oxygen atoms in total. The Labute approximate surface area is 199 Å². The quantitative estimate of drug-likeness (QED) is 0.232. The first kappa shape index (κ1) is 30.8. The van der Waals surface area contributed by atoms with Crippen LogP contribution in [0.4, 0.5) is 0 Å². The Bertz CT molecular complexity index is 555. The van der Waals surface area contributed by atoms with Crippen molar-refractivity contribution in [2.75, 3.05) is 85.2 Å². The average molecular weight is 517 g/mol. The summed E-state index contributed by atoms with van der Waals surface area (Å²) in [6, 6.07) is -0.836. The van der Waals surface area contributed by atoms with Gasteiger partial charge in [-0.3, -0.25) is 19.6 Å². The second-order valence-corrected chi connectivity index (χ2v) is 7.48. The Balaban J connectivity index is 0.00000961. The molecule has 0 spiro atoms. The fourth-order valence-electron chi connectivity index (χ4n) is 3.51. The van der Waals surface area contributed by atoms with Gasteiger partial charge in [-0.2, -0.15) is 0 Å². The van der Waals surface area contributed by atoms with Gasteiger partial charge in [-0.05, 0) is 0 Å². The molecule has 2 atom stereocenters.